The molecule has 1 amide bonds. The highest BCUT2D eigenvalue weighted by Gasteiger charge is 2.20. The molecule has 190 valence electrons. The van der Waals surface area contributed by atoms with Gasteiger partial charge in [0.05, 0.1) is 34.1 Å². The van der Waals surface area contributed by atoms with Crippen molar-refractivity contribution in [2.75, 3.05) is 12.4 Å². The molecular weight excluding hydrogens is 541 g/mol. The SMILES string of the molecule is COc1ccc(NC(=O)c2cc3ccccc3c(N=Nc3cc(C)c(Cl)c(S(=O)(=O)O)c3)c2O)c(Cl)c1. The largest absolute Gasteiger partial charge is 0.505 e. The third kappa shape index (κ3) is 5.52. The number of amides is 1. The molecule has 0 aliphatic heterocycles. The van der Waals surface area contributed by atoms with Crippen LogP contribution >= 0.6 is 23.2 Å². The third-order valence-electron chi connectivity index (χ3n) is 5.41. The second-order valence-electron chi connectivity index (χ2n) is 7.89. The molecule has 0 unspecified atom stereocenters. The van der Waals surface area contributed by atoms with Gasteiger partial charge in [-0.3, -0.25) is 9.35 Å². The Bertz CT molecular complexity index is 1690. The maximum atomic E-state index is 13.1. The van der Waals surface area contributed by atoms with Crippen LogP contribution in [0.2, 0.25) is 10.0 Å². The summed E-state index contributed by atoms with van der Waals surface area (Å²) in [5, 5.41) is 23.0. The van der Waals surface area contributed by atoms with Crippen LogP contribution in [0.4, 0.5) is 17.1 Å². The first-order valence-corrected chi connectivity index (χ1v) is 12.8. The van der Waals surface area contributed by atoms with Crippen LogP contribution in [0.1, 0.15) is 15.9 Å². The molecule has 0 aromatic heterocycles. The van der Waals surface area contributed by atoms with E-state index < -0.39 is 26.7 Å². The number of hydrogen-bond acceptors (Lipinski definition) is 7. The number of benzene rings is 4. The molecule has 12 heteroatoms. The van der Waals surface area contributed by atoms with Gasteiger partial charge in [-0.15, -0.1) is 5.11 Å². The van der Waals surface area contributed by atoms with E-state index in [-0.39, 0.29) is 27.0 Å². The van der Waals surface area contributed by atoms with Crippen molar-refractivity contribution in [1.29, 1.82) is 0 Å². The Kier molecular flexibility index (Phi) is 7.37. The Balaban J connectivity index is 1.79. The quantitative estimate of drug-likeness (QED) is 0.170. The fourth-order valence-corrected chi connectivity index (χ4v) is 4.85. The first-order valence-electron chi connectivity index (χ1n) is 10.6. The zero-order valence-electron chi connectivity index (χ0n) is 19.4. The molecule has 0 radical (unpaired) electrons. The lowest BCUT2D eigenvalue weighted by Crippen LogP contribution is -2.12. The van der Waals surface area contributed by atoms with Crippen LogP contribution < -0.4 is 10.1 Å². The van der Waals surface area contributed by atoms with Crippen LogP contribution in [-0.4, -0.2) is 31.1 Å². The summed E-state index contributed by atoms with van der Waals surface area (Å²) in [4.78, 5) is 12.6. The number of fused-ring (bicyclic) bond motifs is 1. The number of carbonyl (C=O) groups is 1. The molecular formula is C25H19Cl2N3O6S. The van der Waals surface area contributed by atoms with Crippen LogP contribution in [0.3, 0.4) is 0 Å². The fraction of sp³-hybridized carbons (Fsp3) is 0.0800. The summed E-state index contributed by atoms with van der Waals surface area (Å²) in [6.45, 7) is 1.54. The van der Waals surface area contributed by atoms with Crippen molar-refractivity contribution in [2.24, 2.45) is 10.2 Å². The molecule has 4 rings (SSSR count). The van der Waals surface area contributed by atoms with Crippen LogP contribution in [0, 0.1) is 6.92 Å². The molecule has 4 aromatic carbocycles. The van der Waals surface area contributed by atoms with Gasteiger partial charge < -0.3 is 15.2 Å². The second-order valence-corrected chi connectivity index (χ2v) is 10.1. The van der Waals surface area contributed by atoms with E-state index in [9.17, 15) is 22.9 Å². The van der Waals surface area contributed by atoms with Gasteiger partial charge in [0.2, 0.25) is 0 Å². The lowest BCUT2D eigenvalue weighted by atomic mass is 10.0. The van der Waals surface area contributed by atoms with E-state index in [1.165, 1.54) is 32.2 Å². The summed E-state index contributed by atoms with van der Waals surface area (Å²) in [5.74, 6) is -0.595. The summed E-state index contributed by atoms with van der Waals surface area (Å²) >= 11 is 12.2. The molecule has 3 N–H and O–H groups in total. The number of phenolic OH excluding ortho intramolecular Hbond substituents is 1. The molecule has 0 aliphatic carbocycles. The van der Waals surface area contributed by atoms with Crippen molar-refractivity contribution >= 4 is 67.1 Å². The number of aryl methyl sites for hydroxylation is 1. The average Bonchev–Trinajstić information content (AvgIpc) is 2.85. The third-order valence-corrected chi connectivity index (χ3v) is 7.22. The van der Waals surface area contributed by atoms with E-state index in [4.69, 9.17) is 27.9 Å². The molecule has 0 saturated heterocycles. The smallest absolute Gasteiger partial charge is 0.296 e. The molecule has 0 heterocycles. The van der Waals surface area contributed by atoms with Crippen LogP contribution in [-0.2, 0) is 10.1 Å². The van der Waals surface area contributed by atoms with E-state index in [1.807, 2.05) is 0 Å². The van der Waals surface area contributed by atoms with Crippen molar-refractivity contribution in [1.82, 2.24) is 0 Å². The molecule has 0 atom stereocenters. The number of rotatable bonds is 6. The lowest BCUT2D eigenvalue weighted by Gasteiger charge is -2.12. The molecule has 0 bridgehead atoms. The number of aromatic hydroxyl groups is 1. The number of anilines is 1. The number of hydrogen-bond donors (Lipinski definition) is 3. The number of ether oxygens (including phenoxy) is 1. The Labute approximate surface area is 222 Å². The van der Waals surface area contributed by atoms with E-state index in [2.05, 4.69) is 15.5 Å². The highest BCUT2D eigenvalue weighted by atomic mass is 35.5. The Morgan fingerprint density at radius 2 is 1.76 bits per heavy atom. The molecule has 0 saturated carbocycles. The minimum atomic E-state index is -4.61. The number of halogens is 2. The van der Waals surface area contributed by atoms with E-state index in [0.717, 1.165) is 6.07 Å². The Hall–Kier alpha value is -3.70. The van der Waals surface area contributed by atoms with Gasteiger partial charge in [-0.05, 0) is 48.2 Å². The molecule has 9 nitrogen and oxygen atoms in total. The number of azo groups is 1. The number of phenols is 1. The van der Waals surface area contributed by atoms with Crippen LogP contribution in [0.15, 0.2) is 75.8 Å². The van der Waals surface area contributed by atoms with Gasteiger partial charge in [0.15, 0.2) is 5.75 Å². The predicted molar refractivity (Wildman–Crippen MR) is 142 cm³/mol. The normalized spacial score (nSPS) is 11.7. The molecule has 0 spiro atoms. The van der Waals surface area contributed by atoms with Crippen molar-refractivity contribution in [3.8, 4) is 11.5 Å². The van der Waals surface area contributed by atoms with Crippen LogP contribution in [0.5, 0.6) is 11.5 Å². The van der Waals surface area contributed by atoms with E-state index in [0.29, 0.717) is 27.8 Å². The number of methoxy groups -OCH3 is 1. The molecule has 0 fully saturated rings. The predicted octanol–water partition coefficient (Wildman–Crippen LogP) is 7.08. The second kappa shape index (κ2) is 10.3. The van der Waals surface area contributed by atoms with Gasteiger partial charge in [0.1, 0.15) is 16.3 Å². The first-order chi connectivity index (χ1) is 17.5. The summed E-state index contributed by atoms with van der Waals surface area (Å²) in [6.07, 6.45) is 0. The molecule has 4 aromatic rings. The minimum Gasteiger partial charge on any atom is -0.505 e. The fourth-order valence-electron chi connectivity index (χ4n) is 3.58. The van der Waals surface area contributed by atoms with Crippen molar-refractivity contribution in [2.45, 2.75) is 11.8 Å². The van der Waals surface area contributed by atoms with Gasteiger partial charge in [-0.2, -0.15) is 13.5 Å². The maximum absolute atomic E-state index is 13.1. The number of nitrogens with zero attached hydrogens (tertiary/aromatic N) is 2. The summed E-state index contributed by atoms with van der Waals surface area (Å²) in [7, 11) is -3.13. The average molecular weight is 560 g/mol. The van der Waals surface area contributed by atoms with E-state index >= 15 is 0 Å². The minimum absolute atomic E-state index is 0.0231. The molecule has 0 aliphatic rings. The highest BCUT2D eigenvalue weighted by molar-refractivity contribution is 7.86. The van der Waals surface area contributed by atoms with Gasteiger partial charge >= 0.3 is 0 Å². The van der Waals surface area contributed by atoms with Crippen LogP contribution in [0.25, 0.3) is 10.8 Å². The van der Waals surface area contributed by atoms with Gasteiger partial charge in [-0.25, -0.2) is 0 Å². The monoisotopic (exact) mass is 559 g/mol. The first kappa shape index (κ1) is 26.4. The van der Waals surface area contributed by atoms with Gasteiger partial charge in [0.25, 0.3) is 16.0 Å². The standard InChI is InChI=1S/C25H19Cl2N3O6S/c1-13-9-15(11-21(22(13)27)37(33,34)35)29-30-23-17-6-4-3-5-14(17)10-18(24(23)31)25(32)28-20-8-7-16(36-2)12-19(20)26/h3-12,31H,1-2H3,(H,28,32)(H,33,34,35). The van der Waals surface area contributed by atoms with Crippen molar-refractivity contribution < 1.29 is 27.6 Å². The zero-order chi connectivity index (χ0) is 26.9. The van der Waals surface area contributed by atoms with E-state index in [1.54, 1.807) is 36.4 Å². The Morgan fingerprint density at radius 3 is 2.43 bits per heavy atom. The van der Waals surface area contributed by atoms with Crippen molar-refractivity contribution in [3.63, 3.8) is 0 Å². The van der Waals surface area contributed by atoms with Gasteiger partial charge in [-0.1, -0.05) is 47.5 Å². The topological polar surface area (TPSA) is 138 Å². The van der Waals surface area contributed by atoms with Crippen molar-refractivity contribution in [3.05, 3.63) is 81.8 Å². The number of carbonyl (C=O) groups excluding carboxylic acids is 1. The summed E-state index contributed by atoms with van der Waals surface area (Å²) in [6, 6.07) is 15.6. The number of nitrogens with one attached hydrogen (secondary N) is 1. The lowest BCUT2D eigenvalue weighted by molar-refractivity contribution is 0.102. The van der Waals surface area contributed by atoms with Gasteiger partial charge in [0, 0.05) is 11.5 Å². The Morgan fingerprint density at radius 1 is 1.03 bits per heavy atom. The zero-order valence-corrected chi connectivity index (χ0v) is 21.7. The highest BCUT2D eigenvalue weighted by Crippen LogP contribution is 2.40. The maximum Gasteiger partial charge on any atom is 0.296 e. The summed E-state index contributed by atoms with van der Waals surface area (Å²) < 4.78 is 38.0. The molecule has 37 heavy (non-hydrogen) atoms. The summed E-state index contributed by atoms with van der Waals surface area (Å²) in [5.41, 5.74) is 0.579.